The number of aromatic nitrogens is 2. The van der Waals surface area contributed by atoms with E-state index in [1.54, 1.807) is 6.92 Å². The average molecular weight is 319 g/mol. The van der Waals surface area contributed by atoms with E-state index in [0.29, 0.717) is 11.5 Å². The molecule has 1 aromatic carbocycles. The molecule has 0 spiro atoms. The van der Waals surface area contributed by atoms with Gasteiger partial charge in [0.05, 0.1) is 5.92 Å². The van der Waals surface area contributed by atoms with Crippen molar-refractivity contribution in [1.29, 1.82) is 0 Å². The minimum absolute atomic E-state index is 0.0546. The number of hydrogen-bond donors (Lipinski definition) is 0. The number of hydrogen-bond acceptors (Lipinski definition) is 6. The van der Waals surface area contributed by atoms with Crippen LogP contribution < -0.4 is 4.90 Å². The molecule has 0 bridgehead atoms. The Labute approximate surface area is 131 Å². The van der Waals surface area contributed by atoms with Crippen molar-refractivity contribution in [2.75, 3.05) is 11.4 Å². The molecule has 1 fully saturated rings. The van der Waals surface area contributed by atoms with E-state index >= 15 is 0 Å². The van der Waals surface area contributed by atoms with Crippen LogP contribution in [0.2, 0.25) is 0 Å². The predicted octanol–water partition coefficient (Wildman–Crippen LogP) is 1.61. The van der Waals surface area contributed by atoms with Crippen molar-refractivity contribution in [2.24, 2.45) is 5.92 Å². The standard InChI is InChI=1S/C15H14FN3O4/c1-9-17-13(23-18-9)8-22-15(21)10-6-14(20)19(7-10)12-4-2-11(16)3-5-12/h2-5,10H,6-8H2,1H3/t10-/m1/s1. The Balaban J connectivity index is 1.60. The maximum Gasteiger partial charge on any atom is 0.311 e. The lowest BCUT2D eigenvalue weighted by Crippen LogP contribution is -2.26. The predicted molar refractivity (Wildman–Crippen MR) is 75.7 cm³/mol. The maximum atomic E-state index is 12.9. The monoisotopic (exact) mass is 319 g/mol. The van der Waals surface area contributed by atoms with Crippen molar-refractivity contribution in [3.63, 3.8) is 0 Å². The highest BCUT2D eigenvalue weighted by atomic mass is 19.1. The van der Waals surface area contributed by atoms with E-state index in [4.69, 9.17) is 9.26 Å². The molecular weight excluding hydrogens is 305 g/mol. The van der Waals surface area contributed by atoms with Crippen LogP contribution in [0, 0.1) is 18.7 Å². The van der Waals surface area contributed by atoms with Gasteiger partial charge in [0, 0.05) is 18.7 Å². The zero-order chi connectivity index (χ0) is 16.4. The Kier molecular flexibility index (Phi) is 4.05. The van der Waals surface area contributed by atoms with Crippen LogP contribution in [0.1, 0.15) is 18.1 Å². The molecule has 120 valence electrons. The number of carbonyl (C=O) groups excluding carboxylic acids is 2. The van der Waals surface area contributed by atoms with Gasteiger partial charge in [0.25, 0.3) is 5.89 Å². The molecule has 2 heterocycles. The molecule has 1 aromatic heterocycles. The molecule has 0 aliphatic carbocycles. The van der Waals surface area contributed by atoms with Crippen molar-refractivity contribution < 1.29 is 23.2 Å². The molecule has 1 aliphatic heterocycles. The molecule has 0 N–H and O–H groups in total. The number of benzene rings is 1. The molecule has 7 nitrogen and oxygen atoms in total. The van der Waals surface area contributed by atoms with Crippen LogP contribution >= 0.6 is 0 Å². The van der Waals surface area contributed by atoms with Crippen molar-refractivity contribution in [3.05, 3.63) is 41.8 Å². The van der Waals surface area contributed by atoms with E-state index in [0.717, 1.165) is 0 Å². The number of nitrogens with zero attached hydrogens (tertiary/aromatic N) is 3. The smallest absolute Gasteiger partial charge is 0.311 e. The van der Waals surface area contributed by atoms with E-state index in [2.05, 4.69) is 10.1 Å². The van der Waals surface area contributed by atoms with Gasteiger partial charge in [-0.05, 0) is 31.2 Å². The summed E-state index contributed by atoms with van der Waals surface area (Å²) < 4.78 is 22.9. The van der Waals surface area contributed by atoms with Gasteiger partial charge in [0.15, 0.2) is 12.4 Å². The minimum Gasteiger partial charge on any atom is -0.455 e. The van der Waals surface area contributed by atoms with Gasteiger partial charge in [0.1, 0.15) is 5.82 Å². The molecule has 1 atom stereocenters. The number of carbonyl (C=O) groups is 2. The number of aryl methyl sites for hydroxylation is 1. The van der Waals surface area contributed by atoms with Gasteiger partial charge in [-0.2, -0.15) is 4.98 Å². The number of halogens is 1. The molecule has 1 amide bonds. The van der Waals surface area contributed by atoms with E-state index in [1.165, 1.54) is 29.2 Å². The summed E-state index contributed by atoms with van der Waals surface area (Å²) in [5.41, 5.74) is 0.555. The summed E-state index contributed by atoms with van der Waals surface area (Å²) in [6.45, 7) is 1.73. The fourth-order valence-electron chi connectivity index (χ4n) is 2.39. The molecule has 0 saturated carbocycles. The number of esters is 1. The second-order valence-corrected chi connectivity index (χ2v) is 5.22. The highest BCUT2D eigenvalue weighted by molar-refractivity contribution is 5.99. The SMILES string of the molecule is Cc1noc(COC(=O)[C@@H]2CC(=O)N(c3ccc(F)cc3)C2)n1. The van der Waals surface area contributed by atoms with Gasteiger partial charge in [-0.1, -0.05) is 5.16 Å². The van der Waals surface area contributed by atoms with Crippen molar-refractivity contribution in [3.8, 4) is 0 Å². The van der Waals surface area contributed by atoms with Gasteiger partial charge in [-0.15, -0.1) is 0 Å². The first-order valence-electron chi connectivity index (χ1n) is 7.04. The summed E-state index contributed by atoms with van der Waals surface area (Å²) in [4.78, 5) is 29.5. The first kappa shape index (κ1) is 15.1. The molecule has 0 unspecified atom stereocenters. The highest BCUT2D eigenvalue weighted by Crippen LogP contribution is 2.26. The zero-order valence-corrected chi connectivity index (χ0v) is 12.4. The molecule has 0 radical (unpaired) electrons. The van der Waals surface area contributed by atoms with Crippen LogP contribution in [0.15, 0.2) is 28.8 Å². The summed E-state index contributed by atoms with van der Waals surface area (Å²) in [6, 6.07) is 5.54. The third-order valence-electron chi connectivity index (χ3n) is 3.50. The highest BCUT2D eigenvalue weighted by Gasteiger charge is 2.36. The summed E-state index contributed by atoms with van der Waals surface area (Å²) in [5.74, 6) is -1.00. The average Bonchev–Trinajstić information content (AvgIpc) is 3.12. The largest absolute Gasteiger partial charge is 0.455 e. The number of ether oxygens (including phenoxy) is 1. The number of rotatable bonds is 4. The van der Waals surface area contributed by atoms with E-state index < -0.39 is 11.9 Å². The normalized spacial score (nSPS) is 17.6. The Morgan fingerprint density at radius 3 is 2.83 bits per heavy atom. The quantitative estimate of drug-likeness (QED) is 0.796. The fraction of sp³-hybridized carbons (Fsp3) is 0.333. The number of amides is 1. The Hall–Kier alpha value is -2.77. The molecule has 2 aromatic rings. The van der Waals surface area contributed by atoms with Crippen LogP contribution in [0.3, 0.4) is 0 Å². The van der Waals surface area contributed by atoms with Gasteiger partial charge >= 0.3 is 5.97 Å². The van der Waals surface area contributed by atoms with Crippen molar-refractivity contribution >= 4 is 17.6 Å². The summed E-state index contributed by atoms with van der Waals surface area (Å²) in [5, 5.41) is 3.59. The van der Waals surface area contributed by atoms with Crippen LogP contribution in [0.4, 0.5) is 10.1 Å². The first-order chi connectivity index (χ1) is 11.0. The van der Waals surface area contributed by atoms with Crippen LogP contribution in [-0.2, 0) is 20.9 Å². The Morgan fingerprint density at radius 2 is 2.17 bits per heavy atom. The third-order valence-corrected chi connectivity index (χ3v) is 3.50. The van der Waals surface area contributed by atoms with Gasteiger partial charge in [-0.25, -0.2) is 4.39 Å². The molecular formula is C15H14FN3O4. The second kappa shape index (κ2) is 6.15. The van der Waals surface area contributed by atoms with Crippen LogP contribution in [0.5, 0.6) is 0 Å². The molecule has 23 heavy (non-hydrogen) atoms. The van der Waals surface area contributed by atoms with Gasteiger partial charge in [0.2, 0.25) is 5.91 Å². The topological polar surface area (TPSA) is 85.5 Å². The Bertz CT molecular complexity index is 729. The van der Waals surface area contributed by atoms with E-state index in [-0.39, 0.29) is 37.2 Å². The number of anilines is 1. The lowest BCUT2D eigenvalue weighted by Gasteiger charge is -2.16. The lowest BCUT2D eigenvalue weighted by atomic mass is 10.1. The van der Waals surface area contributed by atoms with Crippen LogP contribution in [0.25, 0.3) is 0 Å². The summed E-state index contributed by atoms with van der Waals surface area (Å²) in [7, 11) is 0. The zero-order valence-electron chi connectivity index (χ0n) is 12.4. The molecule has 1 saturated heterocycles. The maximum absolute atomic E-state index is 12.9. The van der Waals surface area contributed by atoms with Gasteiger partial charge < -0.3 is 14.2 Å². The van der Waals surface area contributed by atoms with E-state index in [9.17, 15) is 14.0 Å². The molecule has 1 aliphatic rings. The minimum atomic E-state index is -0.573. The lowest BCUT2D eigenvalue weighted by molar-refractivity contribution is -0.150. The summed E-state index contributed by atoms with van der Waals surface area (Å²) >= 11 is 0. The van der Waals surface area contributed by atoms with Crippen molar-refractivity contribution in [1.82, 2.24) is 10.1 Å². The van der Waals surface area contributed by atoms with Crippen LogP contribution in [-0.4, -0.2) is 28.6 Å². The van der Waals surface area contributed by atoms with E-state index in [1.807, 2.05) is 0 Å². The molecule has 3 rings (SSSR count). The first-order valence-corrected chi connectivity index (χ1v) is 7.04. The Morgan fingerprint density at radius 1 is 1.43 bits per heavy atom. The fourth-order valence-corrected chi connectivity index (χ4v) is 2.39. The second-order valence-electron chi connectivity index (χ2n) is 5.22. The van der Waals surface area contributed by atoms with Gasteiger partial charge in [-0.3, -0.25) is 9.59 Å². The molecule has 8 heteroatoms. The third kappa shape index (κ3) is 3.36. The summed E-state index contributed by atoms with van der Waals surface area (Å²) in [6.07, 6.45) is 0.0546. The van der Waals surface area contributed by atoms with Crippen molar-refractivity contribution in [2.45, 2.75) is 20.0 Å².